The number of carbonyl (C=O) groups is 3. The number of amides is 4. The lowest BCUT2D eigenvalue weighted by Crippen LogP contribution is -2.54. The fourth-order valence-corrected chi connectivity index (χ4v) is 3.74. The van der Waals surface area contributed by atoms with Gasteiger partial charge in [-0.15, -0.1) is 0 Å². The molecule has 0 radical (unpaired) electrons. The maximum Gasteiger partial charge on any atom is 0.335 e. The van der Waals surface area contributed by atoms with E-state index < -0.39 is 17.8 Å². The normalized spacial score (nSPS) is 14.9. The smallest absolute Gasteiger partial charge is 0.335 e. The van der Waals surface area contributed by atoms with E-state index in [1.165, 1.54) is 13.2 Å². The van der Waals surface area contributed by atoms with Gasteiger partial charge in [0.1, 0.15) is 23.7 Å². The third-order valence-corrected chi connectivity index (χ3v) is 5.60. The van der Waals surface area contributed by atoms with E-state index in [0.717, 1.165) is 10.5 Å². The van der Waals surface area contributed by atoms with Crippen molar-refractivity contribution in [2.45, 2.75) is 6.61 Å². The summed E-state index contributed by atoms with van der Waals surface area (Å²) in [6.45, 7) is 0.209. The quantitative estimate of drug-likeness (QED) is 0.372. The average molecular weight is 497 g/mol. The summed E-state index contributed by atoms with van der Waals surface area (Å²) >= 11 is 12.1. The molecule has 172 valence electrons. The van der Waals surface area contributed by atoms with Crippen molar-refractivity contribution in [3.05, 3.63) is 93.5 Å². The summed E-state index contributed by atoms with van der Waals surface area (Å²) in [5.41, 5.74) is 1.44. The molecule has 3 aromatic rings. The minimum Gasteiger partial charge on any atom is -0.497 e. The number of hydrogen-bond acceptors (Lipinski definition) is 5. The molecule has 0 spiro atoms. The van der Waals surface area contributed by atoms with Gasteiger partial charge in [0.2, 0.25) is 0 Å². The summed E-state index contributed by atoms with van der Waals surface area (Å²) in [6, 6.07) is 17.5. The van der Waals surface area contributed by atoms with Gasteiger partial charge in [0.25, 0.3) is 11.8 Å². The Bertz CT molecular complexity index is 1300. The van der Waals surface area contributed by atoms with Crippen LogP contribution in [0, 0.1) is 0 Å². The molecule has 0 aromatic heterocycles. The molecule has 1 saturated heterocycles. The zero-order chi connectivity index (χ0) is 24.2. The van der Waals surface area contributed by atoms with Crippen LogP contribution in [-0.2, 0) is 16.2 Å². The molecule has 7 nitrogen and oxygen atoms in total. The van der Waals surface area contributed by atoms with Gasteiger partial charge in [-0.3, -0.25) is 14.9 Å². The van der Waals surface area contributed by atoms with Crippen molar-refractivity contribution in [3.8, 4) is 11.5 Å². The zero-order valence-electron chi connectivity index (χ0n) is 17.9. The molecule has 1 heterocycles. The third-order valence-electron chi connectivity index (χ3n) is 5.01. The van der Waals surface area contributed by atoms with Gasteiger partial charge in [0, 0.05) is 15.6 Å². The van der Waals surface area contributed by atoms with Crippen LogP contribution in [0.4, 0.5) is 10.5 Å². The maximum atomic E-state index is 13.1. The number of nitrogens with zero attached hydrogens (tertiary/aromatic N) is 1. The summed E-state index contributed by atoms with van der Waals surface area (Å²) in [5.74, 6) is -0.434. The first kappa shape index (κ1) is 23.4. The molecule has 4 amide bonds. The van der Waals surface area contributed by atoms with Crippen molar-refractivity contribution in [1.29, 1.82) is 0 Å². The first-order chi connectivity index (χ1) is 16.4. The molecule has 34 heavy (non-hydrogen) atoms. The van der Waals surface area contributed by atoms with E-state index in [0.29, 0.717) is 27.1 Å². The van der Waals surface area contributed by atoms with E-state index in [1.54, 1.807) is 66.7 Å². The number of urea groups is 1. The van der Waals surface area contributed by atoms with Crippen LogP contribution in [0.2, 0.25) is 10.0 Å². The van der Waals surface area contributed by atoms with E-state index in [-0.39, 0.29) is 17.9 Å². The predicted octanol–water partition coefficient (Wildman–Crippen LogP) is 5.25. The molecule has 1 aliphatic rings. The molecule has 0 bridgehead atoms. The lowest BCUT2D eigenvalue weighted by Gasteiger charge is -2.26. The highest BCUT2D eigenvalue weighted by Gasteiger charge is 2.36. The Morgan fingerprint density at radius 1 is 0.941 bits per heavy atom. The van der Waals surface area contributed by atoms with E-state index in [1.807, 2.05) is 0 Å². The number of halogens is 2. The van der Waals surface area contributed by atoms with Crippen LogP contribution in [0.1, 0.15) is 11.1 Å². The Balaban J connectivity index is 1.53. The lowest BCUT2D eigenvalue weighted by atomic mass is 10.1. The average Bonchev–Trinajstić information content (AvgIpc) is 2.82. The number of ether oxygens (including phenoxy) is 2. The van der Waals surface area contributed by atoms with Gasteiger partial charge in [-0.2, -0.15) is 0 Å². The van der Waals surface area contributed by atoms with Gasteiger partial charge in [-0.05, 0) is 60.2 Å². The van der Waals surface area contributed by atoms with Gasteiger partial charge in [0.05, 0.1) is 12.8 Å². The largest absolute Gasteiger partial charge is 0.497 e. The molecule has 4 rings (SSSR count). The fourth-order valence-electron chi connectivity index (χ4n) is 3.28. The zero-order valence-corrected chi connectivity index (χ0v) is 19.4. The molecule has 1 aliphatic heterocycles. The highest BCUT2D eigenvalue weighted by Crippen LogP contribution is 2.27. The maximum absolute atomic E-state index is 13.1. The van der Waals surface area contributed by atoms with Gasteiger partial charge in [-0.1, -0.05) is 41.4 Å². The molecule has 1 N–H and O–H groups in total. The second-order valence-electron chi connectivity index (χ2n) is 7.25. The summed E-state index contributed by atoms with van der Waals surface area (Å²) in [7, 11) is 1.52. The number of benzene rings is 3. The molecule has 1 fully saturated rings. The highest BCUT2D eigenvalue weighted by molar-refractivity contribution is 6.39. The SMILES string of the molecule is COc1cccc(/C=C2/C(=O)NC(=O)N(c3ccc(OCc4ccc(Cl)cc4Cl)cc3)C2=O)c1. The Kier molecular flexibility index (Phi) is 6.86. The van der Waals surface area contributed by atoms with Crippen molar-refractivity contribution in [2.24, 2.45) is 0 Å². The van der Waals surface area contributed by atoms with Crippen molar-refractivity contribution >= 4 is 52.8 Å². The van der Waals surface area contributed by atoms with Crippen LogP contribution < -0.4 is 19.7 Å². The summed E-state index contributed by atoms with van der Waals surface area (Å²) < 4.78 is 10.9. The number of imide groups is 2. The van der Waals surface area contributed by atoms with Crippen LogP contribution in [0.25, 0.3) is 6.08 Å². The molecule has 0 saturated carbocycles. The van der Waals surface area contributed by atoms with Crippen molar-refractivity contribution < 1.29 is 23.9 Å². The number of hydrogen-bond donors (Lipinski definition) is 1. The summed E-state index contributed by atoms with van der Waals surface area (Å²) in [4.78, 5) is 38.7. The fraction of sp³-hybridized carbons (Fsp3) is 0.0800. The van der Waals surface area contributed by atoms with Gasteiger partial charge in [0.15, 0.2) is 0 Å². The van der Waals surface area contributed by atoms with Crippen molar-refractivity contribution in [2.75, 3.05) is 12.0 Å². The minimum absolute atomic E-state index is 0.175. The number of carbonyl (C=O) groups excluding carboxylic acids is 3. The third kappa shape index (κ3) is 5.06. The predicted molar refractivity (Wildman–Crippen MR) is 129 cm³/mol. The Morgan fingerprint density at radius 2 is 1.71 bits per heavy atom. The second kappa shape index (κ2) is 9.99. The molecular formula is C25H18Cl2N2O5. The van der Waals surface area contributed by atoms with Crippen LogP contribution in [0.3, 0.4) is 0 Å². The van der Waals surface area contributed by atoms with E-state index in [4.69, 9.17) is 32.7 Å². The van der Waals surface area contributed by atoms with Crippen molar-refractivity contribution in [3.63, 3.8) is 0 Å². The van der Waals surface area contributed by atoms with Crippen LogP contribution >= 0.6 is 23.2 Å². The van der Waals surface area contributed by atoms with E-state index in [9.17, 15) is 14.4 Å². The Hall–Kier alpha value is -3.81. The van der Waals surface area contributed by atoms with Crippen LogP contribution in [-0.4, -0.2) is 25.0 Å². The second-order valence-corrected chi connectivity index (χ2v) is 8.10. The Labute approximate surface area is 205 Å². The minimum atomic E-state index is -0.834. The molecular weight excluding hydrogens is 479 g/mol. The monoisotopic (exact) mass is 496 g/mol. The first-order valence-electron chi connectivity index (χ1n) is 10.1. The van der Waals surface area contributed by atoms with Gasteiger partial charge < -0.3 is 9.47 Å². The first-order valence-corrected chi connectivity index (χ1v) is 10.8. The van der Waals surface area contributed by atoms with Crippen molar-refractivity contribution in [1.82, 2.24) is 5.32 Å². The van der Waals surface area contributed by atoms with Gasteiger partial charge in [-0.25, -0.2) is 9.69 Å². The molecule has 9 heteroatoms. The highest BCUT2D eigenvalue weighted by atomic mass is 35.5. The molecule has 0 atom stereocenters. The summed E-state index contributed by atoms with van der Waals surface area (Å²) in [6.07, 6.45) is 1.41. The van der Waals surface area contributed by atoms with Crippen LogP contribution in [0.5, 0.6) is 11.5 Å². The van der Waals surface area contributed by atoms with Crippen LogP contribution in [0.15, 0.2) is 72.3 Å². The van der Waals surface area contributed by atoms with E-state index in [2.05, 4.69) is 5.32 Å². The topological polar surface area (TPSA) is 84.9 Å². The Morgan fingerprint density at radius 3 is 2.41 bits per heavy atom. The number of rotatable bonds is 6. The molecule has 0 aliphatic carbocycles. The molecule has 3 aromatic carbocycles. The standard InChI is InChI=1S/C25H18Cl2N2O5/c1-33-20-4-2-3-15(11-20)12-21-23(30)28-25(32)29(24(21)31)18-7-9-19(10-8-18)34-14-16-5-6-17(26)13-22(16)27/h2-13H,14H2,1H3,(H,28,30,32)/b21-12-. The number of nitrogens with one attached hydrogen (secondary N) is 1. The number of barbiturate groups is 1. The lowest BCUT2D eigenvalue weighted by molar-refractivity contribution is -0.122. The van der Waals surface area contributed by atoms with E-state index >= 15 is 0 Å². The van der Waals surface area contributed by atoms with Gasteiger partial charge >= 0.3 is 6.03 Å². The molecule has 0 unspecified atom stereocenters. The number of anilines is 1. The number of methoxy groups -OCH3 is 1. The summed E-state index contributed by atoms with van der Waals surface area (Å²) in [5, 5.41) is 3.21.